The van der Waals surface area contributed by atoms with Crippen LogP contribution in [-0.4, -0.2) is 14.8 Å². The standard InChI is InChI=1S/C10H17N3S/c1-6(5-9(11)14)10-7(2)12-13(4)8(10)3/h6H,5H2,1-4H3,(H2,11,14). The lowest BCUT2D eigenvalue weighted by molar-refractivity contribution is 0.725. The third-order valence-corrected chi connectivity index (χ3v) is 2.73. The Bertz CT molecular complexity index is 354. The molecule has 0 aliphatic carbocycles. The van der Waals surface area contributed by atoms with E-state index in [0.717, 1.165) is 12.1 Å². The Labute approximate surface area is 90.3 Å². The van der Waals surface area contributed by atoms with Gasteiger partial charge in [0.25, 0.3) is 0 Å². The Kier molecular flexibility index (Phi) is 3.26. The molecule has 78 valence electrons. The van der Waals surface area contributed by atoms with Crippen LogP contribution in [0.1, 0.15) is 36.2 Å². The molecule has 2 N–H and O–H groups in total. The van der Waals surface area contributed by atoms with Gasteiger partial charge in [-0.05, 0) is 25.3 Å². The average Bonchev–Trinajstić information content (AvgIpc) is 2.25. The van der Waals surface area contributed by atoms with Crippen molar-refractivity contribution < 1.29 is 0 Å². The third kappa shape index (κ3) is 2.12. The molecule has 4 heteroatoms. The lowest BCUT2D eigenvalue weighted by Crippen LogP contribution is -2.12. The van der Waals surface area contributed by atoms with Crippen LogP contribution in [0.15, 0.2) is 0 Å². The molecule has 0 spiro atoms. The minimum Gasteiger partial charge on any atom is -0.393 e. The van der Waals surface area contributed by atoms with Gasteiger partial charge in [0.2, 0.25) is 0 Å². The summed E-state index contributed by atoms with van der Waals surface area (Å²) >= 11 is 4.92. The number of aromatic nitrogens is 2. The van der Waals surface area contributed by atoms with E-state index in [-0.39, 0.29) is 0 Å². The fraction of sp³-hybridized carbons (Fsp3) is 0.600. The van der Waals surface area contributed by atoms with Crippen molar-refractivity contribution in [2.24, 2.45) is 12.8 Å². The van der Waals surface area contributed by atoms with Crippen molar-refractivity contribution >= 4 is 17.2 Å². The number of rotatable bonds is 3. The van der Waals surface area contributed by atoms with Crippen LogP contribution in [-0.2, 0) is 7.05 Å². The van der Waals surface area contributed by atoms with Crippen molar-refractivity contribution in [2.75, 3.05) is 0 Å². The molecule has 3 nitrogen and oxygen atoms in total. The molecular formula is C10H17N3S. The van der Waals surface area contributed by atoms with Gasteiger partial charge in [-0.1, -0.05) is 19.1 Å². The summed E-state index contributed by atoms with van der Waals surface area (Å²) < 4.78 is 1.90. The van der Waals surface area contributed by atoms with E-state index < -0.39 is 0 Å². The van der Waals surface area contributed by atoms with Gasteiger partial charge in [0.15, 0.2) is 0 Å². The normalized spacial score (nSPS) is 12.9. The zero-order chi connectivity index (χ0) is 10.9. The van der Waals surface area contributed by atoms with Gasteiger partial charge >= 0.3 is 0 Å². The zero-order valence-electron chi connectivity index (χ0n) is 9.16. The molecule has 1 unspecified atom stereocenters. The summed E-state index contributed by atoms with van der Waals surface area (Å²) in [4.78, 5) is 0.570. The number of hydrogen-bond donors (Lipinski definition) is 1. The number of aryl methyl sites for hydroxylation is 2. The maximum Gasteiger partial charge on any atom is 0.0733 e. The van der Waals surface area contributed by atoms with E-state index in [0.29, 0.717) is 10.9 Å². The quantitative estimate of drug-likeness (QED) is 0.776. The summed E-state index contributed by atoms with van der Waals surface area (Å²) in [5.74, 6) is 0.362. The number of thiocarbonyl (C=S) groups is 1. The molecule has 0 saturated heterocycles. The Morgan fingerprint density at radius 1 is 1.57 bits per heavy atom. The molecule has 0 amide bonds. The van der Waals surface area contributed by atoms with Crippen LogP contribution < -0.4 is 5.73 Å². The molecule has 1 aromatic heterocycles. The van der Waals surface area contributed by atoms with E-state index in [4.69, 9.17) is 18.0 Å². The van der Waals surface area contributed by atoms with E-state index >= 15 is 0 Å². The van der Waals surface area contributed by atoms with E-state index in [9.17, 15) is 0 Å². The van der Waals surface area contributed by atoms with Gasteiger partial charge in [0.1, 0.15) is 0 Å². The average molecular weight is 211 g/mol. The molecule has 0 bridgehead atoms. The molecule has 0 radical (unpaired) electrons. The van der Waals surface area contributed by atoms with Crippen molar-refractivity contribution in [2.45, 2.75) is 33.1 Å². The van der Waals surface area contributed by atoms with Gasteiger partial charge in [-0.25, -0.2) is 0 Å². The van der Waals surface area contributed by atoms with Gasteiger partial charge in [-0.15, -0.1) is 0 Å². The molecule has 1 atom stereocenters. The van der Waals surface area contributed by atoms with Crippen LogP contribution in [0.5, 0.6) is 0 Å². The maximum atomic E-state index is 5.54. The number of hydrogen-bond acceptors (Lipinski definition) is 2. The van der Waals surface area contributed by atoms with Gasteiger partial charge in [0, 0.05) is 19.2 Å². The monoisotopic (exact) mass is 211 g/mol. The summed E-state index contributed by atoms with van der Waals surface area (Å²) in [6.45, 7) is 6.24. The number of nitrogens with zero attached hydrogens (tertiary/aromatic N) is 2. The van der Waals surface area contributed by atoms with Crippen LogP contribution in [0.3, 0.4) is 0 Å². The fourth-order valence-electron chi connectivity index (χ4n) is 1.91. The minimum atomic E-state index is 0.362. The molecule has 0 fully saturated rings. The highest BCUT2D eigenvalue weighted by atomic mass is 32.1. The fourth-order valence-corrected chi connectivity index (χ4v) is 2.16. The van der Waals surface area contributed by atoms with Crippen molar-refractivity contribution in [3.05, 3.63) is 17.0 Å². The Morgan fingerprint density at radius 2 is 2.14 bits per heavy atom. The number of nitrogens with two attached hydrogens (primary N) is 1. The van der Waals surface area contributed by atoms with Crippen LogP contribution in [0, 0.1) is 13.8 Å². The molecular weight excluding hydrogens is 194 g/mol. The summed E-state index contributed by atoms with van der Waals surface area (Å²) in [7, 11) is 1.96. The van der Waals surface area contributed by atoms with E-state index in [2.05, 4.69) is 18.9 Å². The van der Waals surface area contributed by atoms with E-state index in [1.54, 1.807) is 0 Å². The maximum absolute atomic E-state index is 5.54. The Hall–Kier alpha value is -0.900. The lowest BCUT2D eigenvalue weighted by atomic mass is 9.96. The summed E-state index contributed by atoms with van der Waals surface area (Å²) in [6.07, 6.45) is 0.753. The largest absolute Gasteiger partial charge is 0.393 e. The molecule has 1 rings (SSSR count). The van der Waals surface area contributed by atoms with Gasteiger partial charge in [-0.3, -0.25) is 4.68 Å². The smallest absolute Gasteiger partial charge is 0.0733 e. The van der Waals surface area contributed by atoms with E-state index in [1.807, 2.05) is 18.7 Å². The second kappa shape index (κ2) is 4.09. The summed E-state index contributed by atoms with van der Waals surface area (Å²) in [6, 6.07) is 0. The predicted molar refractivity (Wildman–Crippen MR) is 62.5 cm³/mol. The van der Waals surface area contributed by atoms with Gasteiger partial charge < -0.3 is 5.73 Å². The first-order valence-corrected chi connectivity index (χ1v) is 5.12. The van der Waals surface area contributed by atoms with Crippen molar-refractivity contribution in [3.63, 3.8) is 0 Å². The summed E-state index contributed by atoms with van der Waals surface area (Å²) in [5.41, 5.74) is 9.10. The van der Waals surface area contributed by atoms with Gasteiger partial charge in [0.05, 0.1) is 10.7 Å². The molecule has 1 heterocycles. The minimum absolute atomic E-state index is 0.362. The first-order chi connectivity index (χ1) is 6.43. The highest BCUT2D eigenvalue weighted by molar-refractivity contribution is 7.80. The topological polar surface area (TPSA) is 43.8 Å². The van der Waals surface area contributed by atoms with Crippen LogP contribution in [0.25, 0.3) is 0 Å². The molecule has 0 saturated carbocycles. The zero-order valence-corrected chi connectivity index (χ0v) is 9.98. The second-order valence-electron chi connectivity index (χ2n) is 3.78. The highest BCUT2D eigenvalue weighted by Gasteiger charge is 2.16. The second-order valence-corrected chi connectivity index (χ2v) is 4.30. The molecule has 14 heavy (non-hydrogen) atoms. The molecule has 0 aromatic carbocycles. The van der Waals surface area contributed by atoms with E-state index in [1.165, 1.54) is 11.3 Å². The highest BCUT2D eigenvalue weighted by Crippen LogP contribution is 2.25. The molecule has 1 aromatic rings. The van der Waals surface area contributed by atoms with Gasteiger partial charge in [-0.2, -0.15) is 5.10 Å². The van der Waals surface area contributed by atoms with Crippen LogP contribution >= 0.6 is 12.2 Å². The summed E-state index contributed by atoms with van der Waals surface area (Å²) in [5, 5.41) is 4.37. The SMILES string of the molecule is Cc1nn(C)c(C)c1C(C)CC(N)=S. The third-order valence-electron chi connectivity index (χ3n) is 2.57. The lowest BCUT2D eigenvalue weighted by Gasteiger charge is -2.10. The van der Waals surface area contributed by atoms with Crippen molar-refractivity contribution in [1.29, 1.82) is 0 Å². The van der Waals surface area contributed by atoms with Crippen LogP contribution in [0.4, 0.5) is 0 Å². The van der Waals surface area contributed by atoms with Crippen molar-refractivity contribution in [3.8, 4) is 0 Å². The first kappa shape index (κ1) is 11.2. The van der Waals surface area contributed by atoms with Crippen LogP contribution in [0.2, 0.25) is 0 Å². The Balaban J connectivity index is 2.99. The molecule has 0 aliphatic rings. The molecule has 0 aliphatic heterocycles. The Morgan fingerprint density at radius 3 is 2.50 bits per heavy atom. The van der Waals surface area contributed by atoms with Crippen molar-refractivity contribution in [1.82, 2.24) is 9.78 Å². The first-order valence-electron chi connectivity index (χ1n) is 4.72. The predicted octanol–water partition coefficient (Wildman–Crippen LogP) is 1.82.